The molecule has 0 amide bonds. The van der Waals surface area contributed by atoms with E-state index in [1.54, 1.807) is 25.3 Å². The van der Waals surface area contributed by atoms with Crippen molar-refractivity contribution in [1.29, 1.82) is 0 Å². The average molecular weight is 549 g/mol. The highest BCUT2D eigenvalue weighted by atomic mass is 16.5. The van der Waals surface area contributed by atoms with Gasteiger partial charge in [-0.3, -0.25) is 0 Å². The second-order valence-electron chi connectivity index (χ2n) is 10.9. The smallest absolute Gasteiger partial charge is 0.335 e. The molecule has 6 nitrogen and oxygen atoms in total. The molecule has 0 fully saturated rings. The zero-order chi connectivity index (χ0) is 29.0. The first-order valence-corrected chi connectivity index (χ1v) is 13.9. The van der Waals surface area contributed by atoms with E-state index in [2.05, 4.69) is 35.2 Å². The van der Waals surface area contributed by atoms with E-state index in [4.69, 9.17) is 9.72 Å². The van der Waals surface area contributed by atoms with Crippen LogP contribution in [0.25, 0.3) is 21.7 Å². The SMILES string of the molecule is COc1nc2ccc(C(=O)O)cc2cc1C(c1ccccc1)C(O)(CCc1cccc2ccccc12)CCN(C)C. The van der Waals surface area contributed by atoms with Crippen molar-refractivity contribution in [3.8, 4) is 5.88 Å². The number of aliphatic hydroxyl groups is 1. The molecule has 210 valence electrons. The van der Waals surface area contributed by atoms with Crippen molar-refractivity contribution in [2.45, 2.75) is 30.8 Å². The summed E-state index contributed by atoms with van der Waals surface area (Å²) >= 11 is 0. The largest absolute Gasteiger partial charge is 0.481 e. The Kier molecular flexibility index (Phi) is 8.34. The molecule has 2 atom stereocenters. The Hall–Kier alpha value is -4.26. The summed E-state index contributed by atoms with van der Waals surface area (Å²) in [6.07, 6.45) is 1.70. The van der Waals surface area contributed by atoms with E-state index >= 15 is 0 Å². The predicted molar refractivity (Wildman–Crippen MR) is 164 cm³/mol. The van der Waals surface area contributed by atoms with Gasteiger partial charge >= 0.3 is 5.97 Å². The minimum Gasteiger partial charge on any atom is -0.481 e. The van der Waals surface area contributed by atoms with Crippen molar-refractivity contribution in [3.63, 3.8) is 0 Å². The first-order valence-electron chi connectivity index (χ1n) is 13.9. The number of fused-ring (bicyclic) bond motifs is 2. The second kappa shape index (κ2) is 12.1. The number of nitrogens with zero attached hydrogens (tertiary/aromatic N) is 2. The number of aryl methyl sites for hydroxylation is 1. The highest BCUT2D eigenvalue weighted by molar-refractivity contribution is 5.93. The first-order chi connectivity index (χ1) is 19.8. The van der Waals surface area contributed by atoms with Crippen LogP contribution in [0.4, 0.5) is 0 Å². The van der Waals surface area contributed by atoms with Crippen LogP contribution >= 0.6 is 0 Å². The highest BCUT2D eigenvalue weighted by Gasteiger charge is 2.40. The van der Waals surface area contributed by atoms with E-state index in [0.717, 1.165) is 11.1 Å². The molecular formula is C35H36N2O4. The van der Waals surface area contributed by atoms with Gasteiger partial charge in [0.25, 0.3) is 0 Å². The summed E-state index contributed by atoms with van der Waals surface area (Å²) < 4.78 is 5.83. The van der Waals surface area contributed by atoms with Gasteiger partial charge in [-0.15, -0.1) is 0 Å². The number of ether oxygens (including phenoxy) is 1. The van der Waals surface area contributed by atoms with Gasteiger partial charge in [-0.05, 0) is 79.5 Å². The van der Waals surface area contributed by atoms with Gasteiger partial charge in [-0.1, -0.05) is 72.8 Å². The van der Waals surface area contributed by atoms with Crippen LogP contribution in [0.15, 0.2) is 97.1 Å². The molecule has 0 aliphatic rings. The molecule has 0 aliphatic carbocycles. The molecule has 41 heavy (non-hydrogen) atoms. The number of hydrogen-bond acceptors (Lipinski definition) is 5. The van der Waals surface area contributed by atoms with Gasteiger partial charge in [0.1, 0.15) is 0 Å². The molecule has 0 spiro atoms. The maximum Gasteiger partial charge on any atom is 0.335 e. The molecule has 4 aromatic carbocycles. The molecule has 6 heteroatoms. The van der Waals surface area contributed by atoms with Gasteiger partial charge in [0, 0.05) is 23.4 Å². The van der Waals surface area contributed by atoms with Crippen LogP contribution < -0.4 is 4.74 Å². The second-order valence-corrected chi connectivity index (χ2v) is 10.9. The number of hydrogen-bond donors (Lipinski definition) is 2. The Balaban J connectivity index is 1.67. The monoisotopic (exact) mass is 548 g/mol. The molecule has 0 saturated heterocycles. The lowest BCUT2D eigenvalue weighted by Gasteiger charge is -2.38. The van der Waals surface area contributed by atoms with Crippen LogP contribution in [-0.4, -0.2) is 59.4 Å². The molecule has 2 N–H and O–H groups in total. The number of aromatic nitrogens is 1. The zero-order valence-corrected chi connectivity index (χ0v) is 23.7. The molecule has 5 rings (SSSR count). The highest BCUT2D eigenvalue weighted by Crippen LogP contribution is 2.44. The van der Waals surface area contributed by atoms with Crippen LogP contribution in [0.5, 0.6) is 5.88 Å². The third-order valence-electron chi connectivity index (χ3n) is 7.93. The van der Waals surface area contributed by atoms with Gasteiger partial charge < -0.3 is 19.8 Å². The Morgan fingerprint density at radius 1 is 0.902 bits per heavy atom. The number of pyridine rings is 1. The summed E-state index contributed by atoms with van der Waals surface area (Å²) in [6, 6.07) is 31.4. The van der Waals surface area contributed by atoms with E-state index in [1.165, 1.54) is 16.3 Å². The molecule has 0 aliphatic heterocycles. The van der Waals surface area contributed by atoms with E-state index in [1.807, 2.05) is 62.6 Å². The summed E-state index contributed by atoms with van der Waals surface area (Å²) in [5.74, 6) is -1.05. The van der Waals surface area contributed by atoms with E-state index in [0.29, 0.717) is 42.6 Å². The van der Waals surface area contributed by atoms with E-state index in [-0.39, 0.29) is 5.56 Å². The van der Waals surface area contributed by atoms with Gasteiger partial charge in [0.05, 0.1) is 23.8 Å². The first kappa shape index (κ1) is 28.3. The molecule has 0 bridgehead atoms. The fourth-order valence-electron chi connectivity index (χ4n) is 5.80. The fourth-order valence-corrected chi connectivity index (χ4v) is 5.80. The molecule has 2 unspecified atom stereocenters. The van der Waals surface area contributed by atoms with Crippen LogP contribution in [0.1, 0.15) is 45.8 Å². The number of carbonyl (C=O) groups is 1. The van der Waals surface area contributed by atoms with Gasteiger partial charge in [-0.25, -0.2) is 9.78 Å². The van der Waals surface area contributed by atoms with E-state index in [9.17, 15) is 15.0 Å². The Morgan fingerprint density at radius 2 is 1.63 bits per heavy atom. The van der Waals surface area contributed by atoms with Crippen molar-refractivity contribution < 1.29 is 19.7 Å². The Morgan fingerprint density at radius 3 is 2.37 bits per heavy atom. The van der Waals surface area contributed by atoms with Crippen LogP contribution in [0, 0.1) is 0 Å². The number of carboxylic acid groups (broad SMARTS) is 1. The number of aromatic carboxylic acids is 1. The quantitative estimate of drug-likeness (QED) is 0.195. The number of methoxy groups -OCH3 is 1. The lowest BCUT2D eigenvalue weighted by atomic mass is 9.72. The zero-order valence-electron chi connectivity index (χ0n) is 23.7. The van der Waals surface area contributed by atoms with Crippen molar-refractivity contribution in [2.24, 2.45) is 0 Å². The molecule has 0 radical (unpaired) electrons. The van der Waals surface area contributed by atoms with Gasteiger partial charge in [-0.2, -0.15) is 0 Å². The van der Waals surface area contributed by atoms with Crippen LogP contribution in [0.3, 0.4) is 0 Å². The maximum absolute atomic E-state index is 12.8. The minimum atomic E-state index is -1.17. The maximum atomic E-state index is 12.8. The summed E-state index contributed by atoms with van der Waals surface area (Å²) in [5.41, 5.74) is 2.51. The number of rotatable bonds is 11. The minimum absolute atomic E-state index is 0.186. The van der Waals surface area contributed by atoms with Crippen molar-refractivity contribution in [3.05, 3.63) is 119 Å². The molecule has 5 aromatic rings. The summed E-state index contributed by atoms with van der Waals surface area (Å²) in [4.78, 5) is 18.6. The van der Waals surface area contributed by atoms with Crippen LogP contribution in [-0.2, 0) is 6.42 Å². The molecule has 1 aromatic heterocycles. The summed E-state index contributed by atoms with van der Waals surface area (Å²) in [5, 5.41) is 25.5. The molecule has 0 saturated carbocycles. The van der Waals surface area contributed by atoms with E-state index < -0.39 is 17.5 Å². The summed E-state index contributed by atoms with van der Waals surface area (Å²) in [7, 11) is 5.60. The normalized spacial score (nSPS) is 13.8. The van der Waals surface area contributed by atoms with Crippen molar-refractivity contribution in [2.75, 3.05) is 27.7 Å². The Labute approximate surface area is 240 Å². The molecule has 1 heterocycles. The standard InChI is InChI=1S/C35H36N2O4/c1-37(2)21-20-35(40,19-18-25-14-9-13-24-10-7-8-15-29(24)25)32(26-11-5-4-6-12-26)30-23-28-22-27(34(38)39)16-17-31(28)36-33(30)41-3/h4-17,22-23,32,40H,18-21H2,1-3H3,(H,38,39). The number of benzene rings is 4. The lowest BCUT2D eigenvalue weighted by Crippen LogP contribution is -2.40. The molecular weight excluding hydrogens is 512 g/mol. The lowest BCUT2D eigenvalue weighted by molar-refractivity contribution is 0.000840. The third-order valence-corrected chi connectivity index (χ3v) is 7.93. The Bertz CT molecular complexity index is 1660. The van der Waals surface area contributed by atoms with Crippen molar-refractivity contribution >= 4 is 27.6 Å². The number of carboxylic acids is 1. The van der Waals surface area contributed by atoms with Crippen molar-refractivity contribution in [1.82, 2.24) is 9.88 Å². The average Bonchev–Trinajstić information content (AvgIpc) is 2.99. The topological polar surface area (TPSA) is 82.9 Å². The third kappa shape index (κ3) is 6.09. The van der Waals surface area contributed by atoms with Gasteiger partial charge in [0.2, 0.25) is 5.88 Å². The van der Waals surface area contributed by atoms with Gasteiger partial charge in [0.15, 0.2) is 0 Å². The summed E-state index contributed by atoms with van der Waals surface area (Å²) in [6.45, 7) is 0.682. The predicted octanol–water partition coefficient (Wildman–Crippen LogP) is 6.54. The van der Waals surface area contributed by atoms with Crippen LogP contribution in [0.2, 0.25) is 0 Å². The fraction of sp³-hybridized carbons (Fsp3) is 0.257.